The summed E-state index contributed by atoms with van der Waals surface area (Å²) in [4.78, 5) is 32.9. The van der Waals surface area contributed by atoms with Crippen LogP contribution in [0, 0.1) is 0 Å². The van der Waals surface area contributed by atoms with Crippen molar-refractivity contribution >= 4 is 34.5 Å². The number of nitrogens with one attached hydrogen (secondary N) is 2. The van der Waals surface area contributed by atoms with Crippen molar-refractivity contribution in [3.8, 4) is 5.75 Å². The molecule has 2 N–H and O–H groups in total. The predicted octanol–water partition coefficient (Wildman–Crippen LogP) is 4.73. The predicted molar refractivity (Wildman–Crippen MR) is 128 cm³/mol. The number of aromatic nitrogens is 2. The molecule has 0 aliphatic rings. The molecule has 0 saturated carbocycles. The minimum atomic E-state index is -0.352. The molecule has 0 aliphatic heterocycles. The van der Waals surface area contributed by atoms with Gasteiger partial charge < -0.3 is 15.4 Å². The van der Waals surface area contributed by atoms with E-state index in [0.29, 0.717) is 35.8 Å². The molecule has 2 aromatic heterocycles. The van der Waals surface area contributed by atoms with E-state index in [1.165, 1.54) is 6.08 Å². The third-order valence-corrected chi connectivity index (χ3v) is 4.76. The minimum absolute atomic E-state index is 0.144. The van der Waals surface area contributed by atoms with Crippen molar-refractivity contribution in [1.82, 2.24) is 15.3 Å². The Balaban J connectivity index is 1.25. The molecule has 4 rings (SSSR count). The number of carbonyl (C=O) groups is 2. The molecule has 0 aliphatic carbocycles. The van der Waals surface area contributed by atoms with Crippen LogP contribution in [0.15, 0.2) is 91.3 Å². The fourth-order valence-corrected chi connectivity index (χ4v) is 3.09. The van der Waals surface area contributed by atoms with Crippen molar-refractivity contribution in [2.75, 3.05) is 18.5 Å². The second kappa shape index (κ2) is 10.7. The van der Waals surface area contributed by atoms with E-state index in [1.807, 2.05) is 36.4 Å². The number of pyridine rings is 2. The summed E-state index contributed by atoms with van der Waals surface area (Å²) in [7, 11) is 0. The first-order valence-corrected chi connectivity index (χ1v) is 10.4. The van der Waals surface area contributed by atoms with Gasteiger partial charge in [0.05, 0.1) is 17.8 Å². The van der Waals surface area contributed by atoms with E-state index in [1.54, 1.807) is 54.9 Å². The number of allylic oxidation sites excluding steroid dienone is 1. The molecule has 0 fully saturated rings. The van der Waals surface area contributed by atoms with E-state index >= 15 is 0 Å². The lowest BCUT2D eigenvalue weighted by Crippen LogP contribution is -2.32. The van der Waals surface area contributed by atoms with Gasteiger partial charge in [0, 0.05) is 29.0 Å². The fourth-order valence-electron chi connectivity index (χ4n) is 3.09. The molecular weight excluding hydrogens is 416 g/mol. The SMILES string of the molecule is O=C(NCCOc1ccncc1)Nc1ccc(C(=O)/C=C/c2ccc3ccccc3n2)cc1. The maximum Gasteiger partial charge on any atom is 0.319 e. The quantitative estimate of drug-likeness (QED) is 0.236. The Bertz CT molecular complexity index is 1270. The topological polar surface area (TPSA) is 93.2 Å². The highest BCUT2D eigenvalue weighted by atomic mass is 16.5. The highest BCUT2D eigenvalue weighted by Crippen LogP contribution is 2.14. The van der Waals surface area contributed by atoms with Gasteiger partial charge in [0.15, 0.2) is 5.78 Å². The van der Waals surface area contributed by atoms with Gasteiger partial charge in [-0.05, 0) is 60.7 Å². The summed E-state index contributed by atoms with van der Waals surface area (Å²) in [5.41, 5.74) is 2.69. The minimum Gasteiger partial charge on any atom is -0.492 e. The van der Waals surface area contributed by atoms with Gasteiger partial charge in [0.1, 0.15) is 12.4 Å². The van der Waals surface area contributed by atoms with Crippen LogP contribution in [0.1, 0.15) is 16.1 Å². The number of fused-ring (bicyclic) bond motifs is 1. The molecule has 2 amide bonds. The number of rotatable bonds is 8. The Morgan fingerprint density at radius 1 is 0.909 bits per heavy atom. The van der Waals surface area contributed by atoms with Gasteiger partial charge in [0.25, 0.3) is 0 Å². The number of anilines is 1. The average Bonchev–Trinajstić information content (AvgIpc) is 2.86. The molecule has 7 heteroatoms. The summed E-state index contributed by atoms with van der Waals surface area (Å²) in [5, 5.41) is 6.49. The molecule has 0 radical (unpaired) electrons. The van der Waals surface area contributed by atoms with Crippen molar-refractivity contribution in [2.45, 2.75) is 0 Å². The summed E-state index contributed by atoms with van der Waals surface area (Å²) < 4.78 is 5.49. The Hall–Kier alpha value is -4.52. The molecule has 0 unspecified atom stereocenters. The Morgan fingerprint density at radius 3 is 2.52 bits per heavy atom. The molecule has 33 heavy (non-hydrogen) atoms. The normalized spacial score (nSPS) is 10.8. The first-order valence-electron chi connectivity index (χ1n) is 10.4. The molecule has 2 heterocycles. The number of ether oxygens (including phenoxy) is 1. The molecular formula is C26H22N4O3. The Morgan fingerprint density at radius 2 is 1.70 bits per heavy atom. The summed E-state index contributed by atoms with van der Waals surface area (Å²) >= 11 is 0. The number of amides is 2. The molecule has 0 saturated heterocycles. The highest BCUT2D eigenvalue weighted by molar-refractivity contribution is 6.07. The van der Waals surface area contributed by atoms with Crippen LogP contribution in [0.2, 0.25) is 0 Å². The van der Waals surface area contributed by atoms with Crippen molar-refractivity contribution in [3.05, 3.63) is 103 Å². The van der Waals surface area contributed by atoms with E-state index < -0.39 is 0 Å². The third-order valence-electron chi connectivity index (χ3n) is 4.76. The van der Waals surface area contributed by atoms with E-state index in [9.17, 15) is 9.59 Å². The number of carbonyl (C=O) groups excluding carboxylic acids is 2. The van der Waals surface area contributed by atoms with Crippen molar-refractivity contribution in [1.29, 1.82) is 0 Å². The molecule has 4 aromatic rings. The second-order valence-corrected chi connectivity index (χ2v) is 7.12. The van der Waals surface area contributed by atoms with Crippen LogP contribution in [0.25, 0.3) is 17.0 Å². The van der Waals surface area contributed by atoms with Crippen molar-refractivity contribution in [3.63, 3.8) is 0 Å². The first-order chi connectivity index (χ1) is 16.2. The van der Waals surface area contributed by atoms with Gasteiger partial charge in [-0.15, -0.1) is 0 Å². The maximum atomic E-state index is 12.5. The van der Waals surface area contributed by atoms with Gasteiger partial charge in [-0.2, -0.15) is 0 Å². The van der Waals surface area contributed by atoms with Crippen LogP contribution in [0.4, 0.5) is 10.5 Å². The Kier molecular flexibility index (Phi) is 7.02. The molecule has 2 aromatic carbocycles. The van der Waals surface area contributed by atoms with E-state index in [0.717, 1.165) is 10.9 Å². The number of hydrogen-bond donors (Lipinski definition) is 2. The number of benzene rings is 2. The average molecular weight is 438 g/mol. The van der Waals surface area contributed by atoms with Gasteiger partial charge in [0.2, 0.25) is 0 Å². The monoisotopic (exact) mass is 438 g/mol. The Labute approximate surface area is 191 Å². The van der Waals surface area contributed by atoms with Crippen LogP contribution in [0.3, 0.4) is 0 Å². The summed E-state index contributed by atoms with van der Waals surface area (Å²) in [5.74, 6) is 0.548. The van der Waals surface area contributed by atoms with Gasteiger partial charge in [-0.25, -0.2) is 9.78 Å². The van der Waals surface area contributed by atoms with E-state index in [2.05, 4.69) is 20.6 Å². The van der Waals surface area contributed by atoms with Crippen LogP contribution in [-0.2, 0) is 0 Å². The van der Waals surface area contributed by atoms with Crippen LogP contribution >= 0.6 is 0 Å². The fraction of sp³-hybridized carbons (Fsp3) is 0.0769. The highest BCUT2D eigenvalue weighted by Gasteiger charge is 2.05. The standard InChI is InChI=1S/C26H22N4O3/c31-25(12-11-21-8-5-19-3-1-2-4-24(19)29-21)20-6-9-22(10-7-20)30-26(32)28-17-18-33-23-13-15-27-16-14-23/h1-16H,17-18H2,(H2,28,30,32)/b12-11+. The number of urea groups is 1. The van der Waals surface area contributed by atoms with Gasteiger partial charge in [-0.3, -0.25) is 9.78 Å². The number of para-hydroxylation sites is 1. The molecule has 7 nitrogen and oxygen atoms in total. The first kappa shape index (κ1) is 21.7. The van der Waals surface area contributed by atoms with E-state index in [-0.39, 0.29) is 11.8 Å². The summed E-state index contributed by atoms with van der Waals surface area (Å²) in [6.45, 7) is 0.682. The molecule has 0 spiro atoms. The van der Waals surface area contributed by atoms with Gasteiger partial charge >= 0.3 is 6.03 Å². The van der Waals surface area contributed by atoms with Gasteiger partial charge in [-0.1, -0.05) is 24.3 Å². The van der Waals surface area contributed by atoms with Crippen LogP contribution < -0.4 is 15.4 Å². The maximum absolute atomic E-state index is 12.5. The lowest BCUT2D eigenvalue weighted by atomic mass is 10.1. The largest absolute Gasteiger partial charge is 0.492 e. The summed E-state index contributed by atoms with van der Waals surface area (Å²) in [6.07, 6.45) is 6.47. The van der Waals surface area contributed by atoms with Crippen molar-refractivity contribution < 1.29 is 14.3 Å². The second-order valence-electron chi connectivity index (χ2n) is 7.12. The molecule has 0 atom stereocenters. The zero-order valence-corrected chi connectivity index (χ0v) is 17.8. The van der Waals surface area contributed by atoms with Crippen molar-refractivity contribution in [2.24, 2.45) is 0 Å². The lowest BCUT2D eigenvalue weighted by molar-refractivity contribution is 0.104. The lowest BCUT2D eigenvalue weighted by Gasteiger charge is -2.09. The number of ketones is 1. The number of hydrogen-bond acceptors (Lipinski definition) is 5. The van der Waals surface area contributed by atoms with Crippen LogP contribution in [0.5, 0.6) is 5.75 Å². The number of nitrogens with zero attached hydrogens (tertiary/aromatic N) is 2. The summed E-state index contributed by atoms with van der Waals surface area (Å²) in [6, 6.07) is 21.5. The smallest absolute Gasteiger partial charge is 0.319 e. The molecule has 0 bridgehead atoms. The van der Waals surface area contributed by atoms with E-state index in [4.69, 9.17) is 4.74 Å². The zero-order chi connectivity index (χ0) is 22.9. The zero-order valence-electron chi connectivity index (χ0n) is 17.8. The third kappa shape index (κ3) is 6.24. The van der Waals surface area contributed by atoms with Crippen LogP contribution in [-0.4, -0.2) is 34.9 Å². The molecule has 164 valence electrons.